The minimum Gasteiger partial charge on any atom is -0.480 e. The number of carboxylic acids is 1. The third kappa shape index (κ3) is 4.30. The molecule has 1 aliphatic carbocycles. The summed E-state index contributed by atoms with van der Waals surface area (Å²) in [5.41, 5.74) is 3.22. The smallest absolute Gasteiger partial charge is 0.326 e. The molecule has 1 heterocycles. The second-order valence-electron chi connectivity index (χ2n) is 7.55. The Labute approximate surface area is 163 Å². The number of hydrogen-bond acceptors (Lipinski definition) is 4. The summed E-state index contributed by atoms with van der Waals surface area (Å²) in [4.78, 5) is 41.0. The van der Waals surface area contributed by atoms with E-state index in [4.69, 9.17) is 0 Å². The first-order valence-electron chi connectivity index (χ1n) is 9.57. The molecular weight excluding hydrogens is 358 g/mol. The molecule has 2 amide bonds. The van der Waals surface area contributed by atoms with Gasteiger partial charge < -0.3 is 15.7 Å². The van der Waals surface area contributed by atoms with Crippen LogP contribution in [-0.4, -0.2) is 40.5 Å². The number of aromatic nitrogens is 1. The summed E-state index contributed by atoms with van der Waals surface area (Å²) in [7, 11) is 0. The molecule has 0 bridgehead atoms. The van der Waals surface area contributed by atoms with Crippen LogP contribution in [0.5, 0.6) is 0 Å². The van der Waals surface area contributed by atoms with Crippen LogP contribution < -0.4 is 10.6 Å². The molecule has 0 saturated carbocycles. The molecule has 1 aromatic carbocycles. The molecule has 2 aromatic rings. The molecule has 1 aromatic heterocycles. The van der Waals surface area contributed by atoms with E-state index in [2.05, 4.69) is 15.6 Å². The number of nitrogens with one attached hydrogen (secondary N) is 2. The zero-order valence-electron chi connectivity index (χ0n) is 16.1. The van der Waals surface area contributed by atoms with Crippen molar-refractivity contribution in [1.82, 2.24) is 15.6 Å². The van der Waals surface area contributed by atoms with Gasteiger partial charge in [0.25, 0.3) is 5.91 Å². The van der Waals surface area contributed by atoms with Crippen LogP contribution in [0.4, 0.5) is 0 Å². The normalized spacial score (nSPS) is 14.0. The van der Waals surface area contributed by atoms with Gasteiger partial charge in [-0.2, -0.15) is 0 Å². The van der Waals surface area contributed by atoms with Crippen molar-refractivity contribution < 1.29 is 19.5 Å². The van der Waals surface area contributed by atoms with E-state index in [0.717, 1.165) is 41.4 Å². The predicted octanol–water partition coefficient (Wildman–Crippen LogP) is 2.07. The van der Waals surface area contributed by atoms with Crippen molar-refractivity contribution in [3.05, 3.63) is 41.1 Å². The molecule has 3 N–H and O–H groups in total. The van der Waals surface area contributed by atoms with Crippen LogP contribution in [0.1, 0.15) is 48.3 Å². The Bertz CT molecular complexity index is 923. The summed E-state index contributed by atoms with van der Waals surface area (Å²) in [6.45, 7) is 3.50. The minimum absolute atomic E-state index is 0.127. The molecule has 1 aliphatic rings. The number of rotatable bonds is 7. The standard InChI is InChI=1S/C21H25N3O4/c1-12(2)10-17(21(27)28)24-18(25)11-22-20(26)19-13-6-3-4-8-15(13)23-16-9-5-7-14(16)19/h3-4,6,8,12,17H,5,7,9-11H2,1-2H3,(H,22,26)(H,24,25)(H,27,28)/t17-/m0/s1. The average molecular weight is 383 g/mol. The first kappa shape index (κ1) is 19.8. The third-order valence-electron chi connectivity index (χ3n) is 4.90. The van der Waals surface area contributed by atoms with Crippen molar-refractivity contribution in [3.63, 3.8) is 0 Å². The molecule has 1 atom stereocenters. The SMILES string of the molecule is CC(C)C[C@H](NC(=O)CNC(=O)c1c2c(nc3ccccc13)CCC2)C(=O)O. The van der Waals surface area contributed by atoms with Gasteiger partial charge in [-0.3, -0.25) is 14.6 Å². The van der Waals surface area contributed by atoms with Crippen molar-refractivity contribution in [2.24, 2.45) is 5.92 Å². The highest BCUT2D eigenvalue weighted by Crippen LogP contribution is 2.29. The number of aryl methyl sites for hydroxylation is 1. The van der Waals surface area contributed by atoms with Gasteiger partial charge in [-0.15, -0.1) is 0 Å². The first-order valence-corrected chi connectivity index (χ1v) is 9.57. The Hall–Kier alpha value is -2.96. The molecule has 0 saturated heterocycles. The second-order valence-corrected chi connectivity index (χ2v) is 7.55. The van der Waals surface area contributed by atoms with Crippen LogP contribution in [0.15, 0.2) is 24.3 Å². The fraction of sp³-hybridized carbons (Fsp3) is 0.429. The zero-order valence-corrected chi connectivity index (χ0v) is 16.1. The average Bonchev–Trinajstić information content (AvgIpc) is 3.11. The van der Waals surface area contributed by atoms with E-state index in [1.165, 1.54) is 0 Å². The highest BCUT2D eigenvalue weighted by atomic mass is 16.4. The van der Waals surface area contributed by atoms with E-state index in [1.807, 2.05) is 38.1 Å². The van der Waals surface area contributed by atoms with Gasteiger partial charge in [0.2, 0.25) is 5.91 Å². The van der Waals surface area contributed by atoms with Gasteiger partial charge in [-0.1, -0.05) is 32.0 Å². The van der Waals surface area contributed by atoms with Gasteiger partial charge in [0.1, 0.15) is 6.04 Å². The zero-order chi connectivity index (χ0) is 20.3. The lowest BCUT2D eigenvalue weighted by molar-refractivity contribution is -0.142. The van der Waals surface area contributed by atoms with Gasteiger partial charge >= 0.3 is 5.97 Å². The van der Waals surface area contributed by atoms with Crippen LogP contribution in [0.2, 0.25) is 0 Å². The molecular formula is C21H25N3O4. The van der Waals surface area contributed by atoms with Gasteiger partial charge in [0.05, 0.1) is 17.6 Å². The lowest BCUT2D eigenvalue weighted by Crippen LogP contribution is -2.46. The quantitative estimate of drug-likeness (QED) is 0.678. The molecule has 0 radical (unpaired) electrons. The summed E-state index contributed by atoms with van der Waals surface area (Å²) in [6, 6.07) is 6.51. The summed E-state index contributed by atoms with van der Waals surface area (Å²) in [5, 5.41) is 15.1. The lowest BCUT2D eigenvalue weighted by atomic mass is 10.0. The van der Waals surface area contributed by atoms with Crippen LogP contribution >= 0.6 is 0 Å². The topological polar surface area (TPSA) is 108 Å². The number of carbonyl (C=O) groups is 3. The van der Waals surface area contributed by atoms with E-state index in [9.17, 15) is 19.5 Å². The fourth-order valence-electron chi connectivity index (χ4n) is 3.66. The van der Waals surface area contributed by atoms with Gasteiger partial charge in [0, 0.05) is 11.1 Å². The van der Waals surface area contributed by atoms with Crippen molar-refractivity contribution >= 4 is 28.7 Å². The lowest BCUT2D eigenvalue weighted by Gasteiger charge is -2.17. The monoisotopic (exact) mass is 383 g/mol. The Morgan fingerprint density at radius 1 is 1.18 bits per heavy atom. The number of para-hydroxylation sites is 1. The van der Waals surface area contributed by atoms with Gasteiger partial charge in [-0.05, 0) is 43.2 Å². The second kappa shape index (κ2) is 8.37. The Morgan fingerprint density at radius 2 is 1.93 bits per heavy atom. The minimum atomic E-state index is -1.08. The number of benzene rings is 1. The number of hydrogen-bond donors (Lipinski definition) is 3. The highest BCUT2D eigenvalue weighted by Gasteiger charge is 2.25. The first-order chi connectivity index (χ1) is 13.4. The molecule has 0 fully saturated rings. The number of amides is 2. The van der Waals surface area contributed by atoms with E-state index < -0.39 is 17.9 Å². The van der Waals surface area contributed by atoms with Gasteiger partial charge in [-0.25, -0.2) is 4.79 Å². The number of carboxylic acid groups (broad SMARTS) is 1. The molecule has 28 heavy (non-hydrogen) atoms. The molecule has 3 rings (SSSR count). The fourth-order valence-corrected chi connectivity index (χ4v) is 3.66. The Morgan fingerprint density at radius 3 is 2.64 bits per heavy atom. The predicted molar refractivity (Wildman–Crippen MR) is 105 cm³/mol. The highest BCUT2D eigenvalue weighted by molar-refractivity contribution is 6.08. The molecule has 7 nitrogen and oxygen atoms in total. The van der Waals surface area contributed by atoms with E-state index >= 15 is 0 Å². The number of fused-ring (bicyclic) bond motifs is 2. The summed E-state index contributed by atoms with van der Waals surface area (Å²) < 4.78 is 0. The van der Waals surface area contributed by atoms with Crippen molar-refractivity contribution in [2.75, 3.05) is 6.54 Å². The van der Waals surface area contributed by atoms with Gasteiger partial charge in [0.15, 0.2) is 0 Å². The van der Waals surface area contributed by atoms with Crippen molar-refractivity contribution in [3.8, 4) is 0 Å². The number of pyridine rings is 1. The molecule has 0 spiro atoms. The molecule has 148 valence electrons. The Balaban J connectivity index is 1.74. The summed E-state index contributed by atoms with van der Waals surface area (Å²) in [5.74, 6) is -1.80. The summed E-state index contributed by atoms with van der Waals surface area (Å²) in [6.07, 6.45) is 2.92. The summed E-state index contributed by atoms with van der Waals surface area (Å²) >= 11 is 0. The van der Waals surface area contributed by atoms with Crippen LogP contribution in [-0.2, 0) is 22.4 Å². The van der Waals surface area contributed by atoms with E-state index in [0.29, 0.717) is 12.0 Å². The number of aliphatic carboxylic acids is 1. The third-order valence-corrected chi connectivity index (χ3v) is 4.90. The number of nitrogens with zero attached hydrogens (tertiary/aromatic N) is 1. The van der Waals surface area contributed by atoms with Crippen LogP contribution in [0.25, 0.3) is 10.9 Å². The maximum Gasteiger partial charge on any atom is 0.326 e. The number of carbonyl (C=O) groups excluding carboxylic acids is 2. The van der Waals surface area contributed by atoms with E-state index in [1.54, 1.807) is 0 Å². The van der Waals surface area contributed by atoms with E-state index in [-0.39, 0.29) is 18.4 Å². The Kier molecular flexibility index (Phi) is 5.92. The maximum atomic E-state index is 12.9. The molecule has 0 aliphatic heterocycles. The maximum absolute atomic E-state index is 12.9. The van der Waals surface area contributed by atoms with Crippen molar-refractivity contribution in [1.29, 1.82) is 0 Å². The molecule has 0 unspecified atom stereocenters. The van der Waals surface area contributed by atoms with Crippen LogP contribution in [0.3, 0.4) is 0 Å². The van der Waals surface area contributed by atoms with Crippen molar-refractivity contribution in [2.45, 2.75) is 45.6 Å². The van der Waals surface area contributed by atoms with Crippen LogP contribution in [0, 0.1) is 5.92 Å². The molecule has 7 heteroatoms. The largest absolute Gasteiger partial charge is 0.480 e.